The van der Waals surface area contributed by atoms with Crippen LogP contribution < -0.4 is 11.1 Å². The van der Waals surface area contributed by atoms with Crippen molar-refractivity contribution in [2.75, 3.05) is 18.8 Å². The maximum atomic E-state index is 13.0. The number of rotatable bonds is 6. The van der Waals surface area contributed by atoms with Crippen molar-refractivity contribution in [2.45, 2.75) is 39.8 Å². The highest BCUT2D eigenvalue weighted by molar-refractivity contribution is 5.95. The topological polar surface area (TPSA) is 58.4 Å². The fourth-order valence-electron chi connectivity index (χ4n) is 2.20. The average molecular weight is 281 g/mol. The van der Waals surface area contributed by atoms with E-state index in [1.165, 1.54) is 18.2 Å². The molecular weight excluding hydrogens is 257 g/mol. The SMILES string of the molecule is CC(C)N(CCNC(=O)c1ccc(F)c(N)c1)C(C)C. The molecule has 1 aromatic carbocycles. The van der Waals surface area contributed by atoms with E-state index in [2.05, 4.69) is 37.9 Å². The molecule has 0 aromatic heterocycles. The molecule has 0 fully saturated rings. The molecule has 0 saturated heterocycles. The zero-order valence-electron chi connectivity index (χ0n) is 12.6. The van der Waals surface area contributed by atoms with E-state index in [1.807, 2.05) is 0 Å². The van der Waals surface area contributed by atoms with Crippen LogP contribution in [0.1, 0.15) is 38.1 Å². The molecule has 20 heavy (non-hydrogen) atoms. The second-order valence-electron chi connectivity index (χ2n) is 5.42. The summed E-state index contributed by atoms with van der Waals surface area (Å²) in [4.78, 5) is 14.2. The molecule has 4 nitrogen and oxygen atoms in total. The minimum absolute atomic E-state index is 0.0105. The number of carbonyl (C=O) groups is 1. The van der Waals surface area contributed by atoms with Crippen LogP contribution in [-0.2, 0) is 0 Å². The number of carbonyl (C=O) groups excluding carboxylic acids is 1. The highest BCUT2D eigenvalue weighted by Crippen LogP contribution is 2.12. The van der Waals surface area contributed by atoms with Gasteiger partial charge in [-0.2, -0.15) is 0 Å². The van der Waals surface area contributed by atoms with Gasteiger partial charge in [-0.1, -0.05) is 0 Å². The minimum atomic E-state index is -0.507. The third-order valence-corrected chi connectivity index (χ3v) is 3.24. The first-order chi connectivity index (χ1) is 9.32. The van der Waals surface area contributed by atoms with Gasteiger partial charge in [0.25, 0.3) is 5.91 Å². The molecule has 0 bridgehead atoms. The van der Waals surface area contributed by atoms with Crippen molar-refractivity contribution >= 4 is 11.6 Å². The summed E-state index contributed by atoms with van der Waals surface area (Å²) in [6, 6.07) is 4.84. The molecule has 0 unspecified atom stereocenters. The van der Waals surface area contributed by atoms with Gasteiger partial charge in [-0.15, -0.1) is 0 Å². The number of halogens is 1. The number of hydrogen-bond donors (Lipinski definition) is 2. The van der Waals surface area contributed by atoms with E-state index in [0.717, 1.165) is 6.54 Å². The van der Waals surface area contributed by atoms with E-state index in [-0.39, 0.29) is 11.6 Å². The molecule has 0 spiro atoms. The van der Waals surface area contributed by atoms with Crippen LogP contribution in [0.2, 0.25) is 0 Å². The number of nitrogens with one attached hydrogen (secondary N) is 1. The van der Waals surface area contributed by atoms with Gasteiger partial charge in [0.15, 0.2) is 0 Å². The molecule has 0 aliphatic heterocycles. The molecule has 0 aliphatic rings. The smallest absolute Gasteiger partial charge is 0.251 e. The maximum Gasteiger partial charge on any atom is 0.251 e. The van der Waals surface area contributed by atoms with E-state index in [0.29, 0.717) is 24.2 Å². The second-order valence-corrected chi connectivity index (χ2v) is 5.42. The first kappa shape index (κ1) is 16.4. The Hall–Kier alpha value is -1.62. The zero-order valence-corrected chi connectivity index (χ0v) is 12.6. The molecule has 1 amide bonds. The van der Waals surface area contributed by atoms with Crippen molar-refractivity contribution in [1.82, 2.24) is 10.2 Å². The Balaban J connectivity index is 2.53. The number of benzene rings is 1. The summed E-state index contributed by atoms with van der Waals surface area (Å²) in [7, 11) is 0. The first-order valence-electron chi connectivity index (χ1n) is 6.92. The van der Waals surface area contributed by atoms with Gasteiger partial charge in [0.2, 0.25) is 0 Å². The van der Waals surface area contributed by atoms with E-state index in [9.17, 15) is 9.18 Å². The van der Waals surface area contributed by atoms with Gasteiger partial charge in [-0.05, 0) is 45.9 Å². The monoisotopic (exact) mass is 281 g/mol. The Labute approximate surface area is 120 Å². The van der Waals surface area contributed by atoms with E-state index < -0.39 is 5.82 Å². The van der Waals surface area contributed by atoms with E-state index in [1.54, 1.807) is 0 Å². The number of amides is 1. The lowest BCUT2D eigenvalue weighted by Crippen LogP contribution is -2.42. The van der Waals surface area contributed by atoms with Crippen LogP contribution in [-0.4, -0.2) is 36.0 Å². The molecule has 0 saturated carbocycles. The lowest BCUT2D eigenvalue weighted by molar-refractivity contribution is 0.0939. The molecule has 0 radical (unpaired) electrons. The van der Waals surface area contributed by atoms with Gasteiger partial charge in [0.1, 0.15) is 5.82 Å². The van der Waals surface area contributed by atoms with Gasteiger partial charge in [0, 0.05) is 30.7 Å². The normalized spacial score (nSPS) is 11.4. The van der Waals surface area contributed by atoms with Crippen molar-refractivity contribution in [2.24, 2.45) is 0 Å². The van der Waals surface area contributed by atoms with Crippen LogP contribution in [0.15, 0.2) is 18.2 Å². The molecule has 3 N–H and O–H groups in total. The molecule has 1 rings (SSSR count). The first-order valence-corrected chi connectivity index (χ1v) is 6.92. The quantitative estimate of drug-likeness (QED) is 0.786. The standard InChI is InChI=1S/C15H24FN3O/c1-10(2)19(11(3)4)8-7-18-15(20)12-5-6-13(16)14(17)9-12/h5-6,9-11H,7-8,17H2,1-4H3,(H,18,20). The van der Waals surface area contributed by atoms with Gasteiger partial charge < -0.3 is 11.1 Å². The Morgan fingerprint density at radius 1 is 1.30 bits per heavy atom. The molecule has 112 valence electrons. The molecule has 0 aliphatic carbocycles. The summed E-state index contributed by atoms with van der Waals surface area (Å²) < 4.78 is 13.0. The number of nitrogens with zero attached hydrogens (tertiary/aromatic N) is 1. The lowest BCUT2D eigenvalue weighted by Gasteiger charge is -2.30. The number of nitrogens with two attached hydrogens (primary N) is 1. The fraction of sp³-hybridized carbons (Fsp3) is 0.533. The van der Waals surface area contributed by atoms with Crippen molar-refractivity contribution in [1.29, 1.82) is 0 Å². The molecule has 0 atom stereocenters. The Kier molecular flexibility index (Phi) is 5.95. The summed E-state index contributed by atoms with van der Waals surface area (Å²) in [6.07, 6.45) is 0. The number of hydrogen-bond acceptors (Lipinski definition) is 3. The van der Waals surface area contributed by atoms with Gasteiger partial charge in [0.05, 0.1) is 5.69 Å². The van der Waals surface area contributed by atoms with Gasteiger partial charge >= 0.3 is 0 Å². The largest absolute Gasteiger partial charge is 0.396 e. The molecular formula is C15H24FN3O. The fourth-order valence-corrected chi connectivity index (χ4v) is 2.20. The third kappa shape index (κ3) is 4.49. The predicted octanol–water partition coefficient (Wildman–Crippen LogP) is 2.26. The Bertz CT molecular complexity index is 452. The zero-order chi connectivity index (χ0) is 15.3. The highest BCUT2D eigenvalue weighted by Gasteiger charge is 2.13. The van der Waals surface area contributed by atoms with Crippen molar-refractivity contribution in [3.05, 3.63) is 29.6 Å². The summed E-state index contributed by atoms with van der Waals surface area (Å²) in [5.41, 5.74) is 5.82. The predicted molar refractivity (Wildman–Crippen MR) is 80.1 cm³/mol. The summed E-state index contributed by atoms with van der Waals surface area (Å²) in [5, 5.41) is 2.83. The van der Waals surface area contributed by atoms with E-state index in [4.69, 9.17) is 5.73 Å². The molecule has 5 heteroatoms. The summed E-state index contributed by atoms with van der Waals surface area (Å²) in [5.74, 6) is -0.739. The Morgan fingerprint density at radius 2 is 1.90 bits per heavy atom. The van der Waals surface area contributed by atoms with Gasteiger partial charge in [-0.3, -0.25) is 9.69 Å². The van der Waals surface area contributed by atoms with Gasteiger partial charge in [-0.25, -0.2) is 4.39 Å². The van der Waals surface area contributed by atoms with E-state index >= 15 is 0 Å². The van der Waals surface area contributed by atoms with Crippen LogP contribution in [0, 0.1) is 5.82 Å². The Morgan fingerprint density at radius 3 is 2.40 bits per heavy atom. The van der Waals surface area contributed by atoms with Crippen LogP contribution in [0.4, 0.5) is 10.1 Å². The molecule has 1 aromatic rings. The van der Waals surface area contributed by atoms with Crippen molar-refractivity contribution < 1.29 is 9.18 Å². The highest BCUT2D eigenvalue weighted by atomic mass is 19.1. The maximum absolute atomic E-state index is 13.0. The van der Waals surface area contributed by atoms with Crippen LogP contribution in [0.5, 0.6) is 0 Å². The van der Waals surface area contributed by atoms with Crippen LogP contribution in [0.3, 0.4) is 0 Å². The average Bonchev–Trinajstić information content (AvgIpc) is 2.36. The summed E-state index contributed by atoms with van der Waals surface area (Å²) in [6.45, 7) is 9.83. The third-order valence-electron chi connectivity index (χ3n) is 3.24. The van der Waals surface area contributed by atoms with Crippen molar-refractivity contribution in [3.63, 3.8) is 0 Å². The van der Waals surface area contributed by atoms with Crippen molar-refractivity contribution in [3.8, 4) is 0 Å². The van der Waals surface area contributed by atoms with Crippen LogP contribution >= 0.6 is 0 Å². The lowest BCUT2D eigenvalue weighted by atomic mass is 10.2. The second kappa shape index (κ2) is 7.24. The van der Waals surface area contributed by atoms with Crippen LogP contribution in [0.25, 0.3) is 0 Å². The molecule has 0 heterocycles. The number of anilines is 1. The number of nitrogen functional groups attached to an aromatic ring is 1. The summed E-state index contributed by atoms with van der Waals surface area (Å²) >= 11 is 0. The minimum Gasteiger partial charge on any atom is -0.396 e.